The number of rotatable bonds is 6. The smallest absolute Gasteiger partial charge is 0.225 e. The molecule has 1 fully saturated rings. The molecule has 19 heavy (non-hydrogen) atoms. The van der Waals surface area contributed by atoms with Gasteiger partial charge in [0.1, 0.15) is 0 Å². The van der Waals surface area contributed by atoms with Gasteiger partial charge in [-0.15, -0.1) is 0 Å². The van der Waals surface area contributed by atoms with Crippen LogP contribution in [0.2, 0.25) is 0 Å². The van der Waals surface area contributed by atoms with Gasteiger partial charge in [0, 0.05) is 12.0 Å². The van der Waals surface area contributed by atoms with Crippen molar-refractivity contribution in [3.8, 4) is 0 Å². The van der Waals surface area contributed by atoms with Crippen LogP contribution in [0, 0.1) is 16.7 Å². The van der Waals surface area contributed by atoms with E-state index in [0.29, 0.717) is 18.9 Å². The molecule has 1 unspecified atom stereocenters. The Labute approximate surface area is 118 Å². The number of nitrogens with one attached hydrogen (secondary N) is 1. The average Bonchev–Trinajstić information content (AvgIpc) is 2.77. The van der Waals surface area contributed by atoms with Crippen molar-refractivity contribution >= 4 is 5.91 Å². The zero-order chi connectivity index (χ0) is 14.7. The second kappa shape index (κ2) is 6.25. The highest BCUT2D eigenvalue weighted by Gasteiger charge is 2.38. The molecule has 0 saturated heterocycles. The largest absolute Gasteiger partial charge is 0.393 e. The quantitative estimate of drug-likeness (QED) is 0.778. The van der Waals surface area contributed by atoms with E-state index >= 15 is 0 Å². The summed E-state index contributed by atoms with van der Waals surface area (Å²) >= 11 is 0. The van der Waals surface area contributed by atoms with Crippen molar-refractivity contribution in [3.63, 3.8) is 0 Å². The summed E-state index contributed by atoms with van der Waals surface area (Å²) in [6.45, 7) is 10.7. The van der Waals surface area contributed by atoms with E-state index in [1.807, 2.05) is 0 Å². The number of aliphatic hydroxyl groups is 1. The Morgan fingerprint density at radius 1 is 1.26 bits per heavy atom. The van der Waals surface area contributed by atoms with Crippen molar-refractivity contribution in [2.24, 2.45) is 16.7 Å². The maximum Gasteiger partial charge on any atom is 0.225 e. The fourth-order valence-electron chi connectivity index (χ4n) is 3.25. The van der Waals surface area contributed by atoms with Crippen LogP contribution in [-0.4, -0.2) is 23.7 Å². The van der Waals surface area contributed by atoms with Gasteiger partial charge in [0.15, 0.2) is 0 Å². The summed E-state index contributed by atoms with van der Waals surface area (Å²) in [5, 5.41) is 12.6. The van der Waals surface area contributed by atoms with E-state index in [1.165, 1.54) is 25.7 Å². The Balaban J connectivity index is 2.50. The first-order chi connectivity index (χ1) is 8.65. The number of hydrogen-bond acceptors (Lipinski definition) is 2. The van der Waals surface area contributed by atoms with Gasteiger partial charge in [-0.2, -0.15) is 0 Å². The van der Waals surface area contributed by atoms with E-state index in [0.717, 1.165) is 0 Å². The SMILES string of the molecule is CC(O)CC(C)(C)CNC(=O)C(C)(C)C1CCCC1. The molecule has 1 saturated carbocycles. The summed E-state index contributed by atoms with van der Waals surface area (Å²) in [4.78, 5) is 12.4. The molecule has 0 aromatic heterocycles. The van der Waals surface area contributed by atoms with Crippen LogP contribution in [0.1, 0.15) is 66.7 Å². The van der Waals surface area contributed by atoms with Crippen LogP contribution in [0.15, 0.2) is 0 Å². The van der Waals surface area contributed by atoms with Crippen LogP contribution in [-0.2, 0) is 4.79 Å². The molecule has 0 heterocycles. The van der Waals surface area contributed by atoms with E-state index < -0.39 is 0 Å². The second-order valence-corrected chi connectivity index (χ2v) is 7.60. The third-order valence-corrected chi connectivity index (χ3v) is 4.54. The van der Waals surface area contributed by atoms with Crippen molar-refractivity contribution in [2.45, 2.75) is 72.8 Å². The summed E-state index contributed by atoms with van der Waals surface area (Å²) in [6, 6.07) is 0. The van der Waals surface area contributed by atoms with Crippen LogP contribution < -0.4 is 5.32 Å². The highest BCUT2D eigenvalue weighted by Crippen LogP contribution is 2.39. The van der Waals surface area contributed by atoms with E-state index in [-0.39, 0.29) is 22.8 Å². The molecule has 0 spiro atoms. The molecule has 1 aliphatic rings. The van der Waals surface area contributed by atoms with Crippen LogP contribution in [0.3, 0.4) is 0 Å². The first-order valence-electron chi connectivity index (χ1n) is 7.61. The maximum atomic E-state index is 12.4. The molecule has 0 aliphatic heterocycles. The minimum atomic E-state index is -0.324. The molecule has 0 bridgehead atoms. The van der Waals surface area contributed by atoms with Gasteiger partial charge in [-0.3, -0.25) is 4.79 Å². The Morgan fingerprint density at radius 2 is 1.79 bits per heavy atom. The molecule has 3 nitrogen and oxygen atoms in total. The first-order valence-corrected chi connectivity index (χ1v) is 7.61. The van der Waals surface area contributed by atoms with Gasteiger partial charge in [0.2, 0.25) is 5.91 Å². The highest BCUT2D eigenvalue weighted by atomic mass is 16.3. The van der Waals surface area contributed by atoms with Crippen LogP contribution in [0.4, 0.5) is 0 Å². The van der Waals surface area contributed by atoms with Gasteiger partial charge in [0.05, 0.1) is 6.10 Å². The third-order valence-electron chi connectivity index (χ3n) is 4.54. The monoisotopic (exact) mass is 269 g/mol. The van der Waals surface area contributed by atoms with Crippen molar-refractivity contribution in [2.75, 3.05) is 6.54 Å². The number of hydrogen-bond donors (Lipinski definition) is 2. The summed E-state index contributed by atoms with van der Waals surface area (Å²) in [5.41, 5.74) is -0.326. The Morgan fingerprint density at radius 3 is 2.26 bits per heavy atom. The molecule has 3 heteroatoms. The lowest BCUT2D eigenvalue weighted by Crippen LogP contribution is -2.45. The Hall–Kier alpha value is -0.570. The predicted molar refractivity (Wildman–Crippen MR) is 78.8 cm³/mol. The lowest BCUT2D eigenvalue weighted by atomic mass is 9.76. The molecule has 112 valence electrons. The summed E-state index contributed by atoms with van der Waals surface area (Å²) in [7, 11) is 0. The number of aliphatic hydroxyl groups excluding tert-OH is 1. The predicted octanol–water partition coefficient (Wildman–Crippen LogP) is 3.12. The van der Waals surface area contributed by atoms with Crippen LogP contribution >= 0.6 is 0 Å². The molecular formula is C16H31NO2. The standard InChI is InChI=1S/C16H31NO2/c1-12(18)10-15(2,3)11-17-14(19)16(4,5)13-8-6-7-9-13/h12-13,18H,6-11H2,1-5H3,(H,17,19). The van der Waals surface area contributed by atoms with Crippen molar-refractivity contribution in [1.82, 2.24) is 5.32 Å². The number of carbonyl (C=O) groups excluding carboxylic acids is 1. The van der Waals surface area contributed by atoms with Gasteiger partial charge < -0.3 is 10.4 Å². The summed E-state index contributed by atoms with van der Waals surface area (Å²) in [5.74, 6) is 0.686. The van der Waals surface area contributed by atoms with Crippen LogP contribution in [0.5, 0.6) is 0 Å². The maximum absolute atomic E-state index is 12.4. The zero-order valence-corrected chi connectivity index (χ0v) is 13.3. The van der Waals surface area contributed by atoms with Crippen molar-refractivity contribution in [1.29, 1.82) is 0 Å². The van der Waals surface area contributed by atoms with Gasteiger partial charge in [-0.1, -0.05) is 40.5 Å². The minimum absolute atomic E-state index is 0.0599. The Bertz CT molecular complexity index is 302. The molecular weight excluding hydrogens is 238 g/mol. The van der Waals surface area contributed by atoms with E-state index in [1.54, 1.807) is 6.92 Å². The molecule has 0 aromatic rings. The van der Waals surface area contributed by atoms with Gasteiger partial charge >= 0.3 is 0 Å². The lowest BCUT2D eigenvalue weighted by Gasteiger charge is -2.33. The molecule has 1 atom stereocenters. The van der Waals surface area contributed by atoms with Gasteiger partial charge in [-0.05, 0) is 37.5 Å². The fraction of sp³-hybridized carbons (Fsp3) is 0.938. The summed E-state index contributed by atoms with van der Waals surface area (Å²) in [6.07, 6.45) is 5.25. The average molecular weight is 269 g/mol. The van der Waals surface area contributed by atoms with Crippen molar-refractivity contribution < 1.29 is 9.90 Å². The normalized spacial score (nSPS) is 19.5. The molecule has 0 radical (unpaired) electrons. The molecule has 2 N–H and O–H groups in total. The molecule has 1 aliphatic carbocycles. The topological polar surface area (TPSA) is 49.3 Å². The van der Waals surface area contributed by atoms with E-state index in [2.05, 4.69) is 33.0 Å². The Kier molecular flexibility index (Phi) is 5.43. The zero-order valence-electron chi connectivity index (χ0n) is 13.3. The molecule has 0 aromatic carbocycles. The molecule has 1 amide bonds. The first kappa shape index (κ1) is 16.5. The number of carbonyl (C=O) groups is 1. The van der Waals surface area contributed by atoms with E-state index in [9.17, 15) is 9.90 Å². The van der Waals surface area contributed by atoms with Crippen LogP contribution in [0.25, 0.3) is 0 Å². The van der Waals surface area contributed by atoms with Crippen molar-refractivity contribution in [3.05, 3.63) is 0 Å². The van der Waals surface area contributed by atoms with Gasteiger partial charge in [-0.25, -0.2) is 0 Å². The fourth-order valence-corrected chi connectivity index (χ4v) is 3.25. The number of amides is 1. The van der Waals surface area contributed by atoms with E-state index in [4.69, 9.17) is 0 Å². The van der Waals surface area contributed by atoms with Gasteiger partial charge in [0.25, 0.3) is 0 Å². The third kappa shape index (κ3) is 4.79. The highest BCUT2D eigenvalue weighted by molar-refractivity contribution is 5.82. The minimum Gasteiger partial charge on any atom is -0.393 e. The summed E-state index contributed by atoms with van der Waals surface area (Å²) < 4.78 is 0. The second-order valence-electron chi connectivity index (χ2n) is 7.60. The lowest BCUT2D eigenvalue weighted by molar-refractivity contribution is -0.132. The molecule has 1 rings (SSSR count).